The molecule has 1 N–H and O–H groups in total. The van der Waals surface area contributed by atoms with Crippen LogP contribution >= 0.6 is 0 Å². The number of aromatic amines is 1. The summed E-state index contributed by atoms with van der Waals surface area (Å²) >= 11 is 0. The van der Waals surface area contributed by atoms with Crippen molar-refractivity contribution in [2.45, 2.75) is 0 Å². The molecule has 72 valence electrons. The first kappa shape index (κ1) is 8.24. The van der Waals surface area contributed by atoms with Crippen molar-refractivity contribution in [1.29, 1.82) is 0 Å². The molecule has 0 saturated carbocycles. The van der Waals surface area contributed by atoms with E-state index in [4.69, 9.17) is 0 Å². The van der Waals surface area contributed by atoms with E-state index >= 15 is 0 Å². The number of H-pyrrole nitrogens is 1. The largest absolute Gasteiger partial charge is 0.360 e. The molecule has 1 aromatic carbocycles. The van der Waals surface area contributed by atoms with E-state index < -0.39 is 0 Å². The second kappa shape index (κ2) is 2.95. The van der Waals surface area contributed by atoms with Crippen LogP contribution in [0, 0.1) is 0 Å². The molecule has 0 radical (unpaired) electrons. The lowest BCUT2D eigenvalue weighted by Crippen LogP contribution is -2.05. The van der Waals surface area contributed by atoms with Crippen LogP contribution in [0.5, 0.6) is 0 Å². The van der Waals surface area contributed by atoms with Crippen LogP contribution in [0.3, 0.4) is 0 Å². The molecule has 1 heterocycles. The summed E-state index contributed by atoms with van der Waals surface area (Å²) in [5, 5.41) is 2.07. The summed E-state index contributed by atoms with van der Waals surface area (Å²) < 4.78 is 0. The Labute approximate surface area is 86.5 Å². The molecule has 0 bridgehead atoms. The fraction of sp³-hybridized carbons (Fsp3) is 0. The molecule has 0 spiro atoms. The molecule has 2 heteroatoms. The molecule has 0 unspecified atom stereocenters. The van der Waals surface area contributed by atoms with E-state index in [1.807, 2.05) is 36.5 Å². The summed E-state index contributed by atoms with van der Waals surface area (Å²) in [4.78, 5) is 14.9. The number of benzene rings is 2. The average molecular weight is 195 g/mol. The van der Waals surface area contributed by atoms with Gasteiger partial charge in [-0.15, -0.1) is 0 Å². The third-order valence-corrected chi connectivity index (χ3v) is 2.64. The summed E-state index contributed by atoms with van der Waals surface area (Å²) in [6, 6.07) is 13.2. The normalized spacial score (nSPS) is 10.9. The van der Waals surface area contributed by atoms with Gasteiger partial charge < -0.3 is 4.98 Å². The highest BCUT2D eigenvalue weighted by atomic mass is 16.1. The van der Waals surface area contributed by atoms with Gasteiger partial charge in [-0.05, 0) is 22.9 Å². The molecule has 0 saturated heterocycles. The molecular weight excluding hydrogens is 186 g/mol. The zero-order valence-corrected chi connectivity index (χ0v) is 8.03. The van der Waals surface area contributed by atoms with Crippen molar-refractivity contribution >= 4 is 10.8 Å². The van der Waals surface area contributed by atoms with Gasteiger partial charge in [0.15, 0.2) is 5.43 Å². The first-order valence-corrected chi connectivity index (χ1v) is 4.85. The Hall–Kier alpha value is -2.09. The highest BCUT2D eigenvalue weighted by Gasteiger charge is 2.08. The first-order valence-electron chi connectivity index (χ1n) is 4.85. The van der Waals surface area contributed by atoms with Crippen LogP contribution in [-0.2, 0) is 0 Å². The van der Waals surface area contributed by atoms with Crippen molar-refractivity contribution in [1.82, 2.24) is 4.98 Å². The summed E-state index contributed by atoms with van der Waals surface area (Å²) in [6.45, 7) is 0. The van der Waals surface area contributed by atoms with Gasteiger partial charge in [0.05, 0.1) is 5.56 Å². The number of hydrogen-bond acceptors (Lipinski definition) is 1. The van der Waals surface area contributed by atoms with E-state index in [1.54, 1.807) is 12.1 Å². The Morgan fingerprint density at radius 3 is 2.73 bits per heavy atom. The van der Waals surface area contributed by atoms with Gasteiger partial charge >= 0.3 is 0 Å². The van der Waals surface area contributed by atoms with Crippen molar-refractivity contribution in [3.63, 3.8) is 0 Å². The molecule has 2 nitrogen and oxygen atoms in total. The van der Waals surface area contributed by atoms with E-state index in [0.717, 1.165) is 22.0 Å². The van der Waals surface area contributed by atoms with E-state index in [9.17, 15) is 4.79 Å². The Bertz CT molecular complexity index is 654. The van der Waals surface area contributed by atoms with Gasteiger partial charge in [0.2, 0.25) is 0 Å². The number of nitrogens with one attached hydrogen (secondary N) is 1. The van der Waals surface area contributed by atoms with Crippen molar-refractivity contribution in [2.24, 2.45) is 0 Å². The first-order chi connectivity index (χ1) is 7.36. The fourth-order valence-electron chi connectivity index (χ4n) is 1.94. The molecule has 0 aromatic heterocycles. The Morgan fingerprint density at radius 2 is 1.80 bits per heavy atom. The zero-order valence-electron chi connectivity index (χ0n) is 8.03. The van der Waals surface area contributed by atoms with E-state index in [1.165, 1.54) is 0 Å². The molecular formula is C13H9NO. The van der Waals surface area contributed by atoms with Crippen LogP contribution < -0.4 is 5.43 Å². The van der Waals surface area contributed by atoms with Crippen LogP contribution in [0.15, 0.2) is 53.5 Å². The smallest absolute Gasteiger partial charge is 0.188 e. The second-order valence-electron chi connectivity index (χ2n) is 3.55. The topological polar surface area (TPSA) is 32.9 Å². The maximum absolute atomic E-state index is 11.8. The van der Waals surface area contributed by atoms with Crippen LogP contribution in [0.1, 0.15) is 0 Å². The van der Waals surface area contributed by atoms with Gasteiger partial charge in [-0.1, -0.05) is 30.3 Å². The van der Waals surface area contributed by atoms with Crippen LogP contribution in [0.25, 0.3) is 22.0 Å². The maximum atomic E-state index is 11.8. The molecule has 0 fully saturated rings. The minimum atomic E-state index is 0.0700. The lowest BCUT2D eigenvalue weighted by Gasteiger charge is -2.07. The highest BCUT2D eigenvalue weighted by molar-refractivity contribution is 5.95. The zero-order chi connectivity index (χ0) is 10.3. The van der Waals surface area contributed by atoms with Gasteiger partial charge in [0.25, 0.3) is 0 Å². The monoisotopic (exact) mass is 195 g/mol. The van der Waals surface area contributed by atoms with Crippen molar-refractivity contribution in [3.05, 3.63) is 58.9 Å². The molecule has 15 heavy (non-hydrogen) atoms. The summed E-state index contributed by atoms with van der Waals surface area (Å²) in [5.74, 6) is 0. The van der Waals surface area contributed by atoms with E-state index in [0.29, 0.717) is 0 Å². The molecule has 0 amide bonds. The number of pyridine rings is 1. The Morgan fingerprint density at radius 1 is 0.933 bits per heavy atom. The summed E-state index contributed by atoms with van der Waals surface area (Å²) in [7, 11) is 0. The van der Waals surface area contributed by atoms with Gasteiger partial charge in [-0.3, -0.25) is 4.79 Å². The third kappa shape index (κ3) is 1.15. The van der Waals surface area contributed by atoms with Crippen LogP contribution in [0.4, 0.5) is 0 Å². The minimum absolute atomic E-state index is 0.0700. The Balaban J connectivity index is 2.63. The lowest BCUT2D eigenvalue weighted by molar-refractivity contribution is 1.33. The summed E-state index contributed by atoms with van der Waals surface area (Å²) in [6.07, 6.45) is 1.93. The number of rotatable bonds is 0. The molecule has 3 rings (SSSR count). The standard InChI is InChI=1S/C13H9NO/c15-12-7-3-6-11-13(12)10-5-2-1-4-9(10)8-14-11/h1-8,14H. The molecule has 1 aliphatic heterocycles. The predicted molar refractivity (Wildman–Crippen MR) is 61.2 cm³/mol. The van der Waals surface area contributed by atoms with E-state index in [-0.39, 0.29) is 5.43 Å². The SMILES string of the molecule is O=c1cccc2[nH]cc3ccccc3c1-2. The molecule has 1 aromatic rings. The van der Waals surface area contributed by atoms with Crippen molar-refractivity contribution in [3.8, 4) is 11.3 Å². The lowest BCUT2D eigenvalue weighted by atomic mass is 10.0. The quantitative estimate of drug-likeness (QED) is 0.549. The summed E-state index contributed by atoms with van der Waals surface area (Å²) in [5.41, 5.74) is 1.73. The predicted octanol–water partition coefficient (Wildman–Crippen LogP) is 2.63. The second-order valence-corrected chi connectivity index (χ2v) is 3.55. The maximum Gasteiger partial charge on any atom is 0.188 e. The fourth-order valence-corrected chi connectivity index (χ4v) is 1.94. The number of aromatic nitrogens is 1. The van der Waals surface area contributed by atoms with Crippen LogP contribution in [-0.4, -0.2) is 4.98 Å². The number of hydrogen-bond donors (Lipinski definition) is 1. The van der Waals surface area contributed by atoms with Gasteiger partial charge in [0, 0.05) is 11.9 Å². The molecule has 0 atom stereocenters. The van der Waals surface area contributed by atoms with E-state index in [2.05, 4.69) is 4.98 Å². The highest BCUT2D eigenvalue weighted by Crippen LogP contribution is 2.24. The van der Waals surface area contributed by atoms with Gasteiger partial charge in [-0.2, -0.15) is 0 Å². The Kier molecular flexibility index (Phi) is 1.62. The average Bonchev–Trinajstić information content (AvgIpc) is 2.29. The number of fused-ring (bicyclic) bond motifs is 3. The molecule has 2 aliphatic rings. The molecule has 1 aliphatic carbocycles. The van der Waals surface area contributed by atoms with Crippen molar-refractivity contribution in [2.75, 3.05) is 0 Å². The van der Waals surface area contributed by atoms with Gasteiger partial charge in [0.1, 0.15) is 0 Å². The van der Waals surface area contributed by atoms with Crippen molar-refractivity contribution < 1.29 is 0 Å². The minimum Gasteiger partial charge on any atom is -0.360 e. The van der Waals surface area contributed by atoms with Gasteiger partial charge in [-0.25, -0.2) is 0 Å². The third-order valence-electron chi connectivity index (χ3n) is 2.64. The van der Waals surface area contributed by atoms with Crippen LogP contribution in [0.2, 0.25) is 0 Å².